The molecule has 0 radical (unpaired) electrons. The summed E-state index contributed by atoms with van der Waals surface area (Å²) in [5.41, 5.74) is 8.48. The Morgan fingerprint density at radius 2 is 2.10 bits per heavy atom. The average molecular weight is 266 g/mol. The first-order valence-corrected chi connectivity index (χ1v) is 6.06. The minimum atomic E-state index is -0.315. The number of hydrogen-bond acceptors (Lipinski definition) is 4. The number of nitrogens with one attached hydrogen (secondary N) is 1. The van der Waals surface area contributed by atoms with E-state index in [9.17, 15) is 4.79 Å². The Labute approximate surface area is 117 Å². The largest absolute Gasteiger partial charge is 0.384 e. The lowest BCUT2D eigenvalue weighted by atomic mass is 10.1. The Balaban J connectivity index is 2.33. The van der Waals surface area contributed by atoms with Crippen molar-refractivity contribution in [3.05, 3.63) is 52.7 Å². The summed E-state index contributed by atoms with van der Waals surface area (Å²) in [4.78, 5) is 16.2. The van der Waals surface area contributed by atoms with Crippen molar-refractivity contribution in [1.82, 2.24) is 4.98 Å². The van der Waals surface area contributed by atoms with Crippen molar-refractivity contribution in [1.29, 1.82) is 5.26 Å². The molecule has 0 spiro atoms. The van der Waals surface area contributed by atoms with Crippen LogP contribution in [-0.4, -0.2) is 10.9 Å². The second kappa shape index (κ2) is 5.41. The Hall–Kier alpha value is -2.87. The van der Waals surface area contributed by atoms with Crippen LogP contribution in [0.15, 0.2) is 30.3 Å². The molecule has 1 heterocycles. The van der Waals surface area contributed by atoms with E-state index in [1.54, 1.807) is 25.1 Å². The van der Waals surface area contributed by atoms with E-state index < -0.39 is 0 Å². The molecule has 0 fully saturated rings. The number of nitrogen functional groups attached to an aromatic ring is 1. The number of pyridine rings is 1. The van der Waals surface area contributed by atoms with Gasteiger partial charge in [0, 0.05) is 11.3 Å². The predicted molar refractivity (Wildman–Crippen MR) is 77.2 cm³/mol. The van der Waals surface area contributed by atoms with Crippen LogP contribution in [0.1, 0.15) is 27.2 Å². The molecule has 0 aliphatic heterocycles. The number of aryl methyl sites for hydroxylation is 2. The molecule has 0 bridgehead atoms. The molecule has 100 valence electrons. The van der Waals surface area contributed by atoms with Gasteiger partial charge in [0.1, 0.15) is 11.9 Å². The maximum absolute atomic E-state index is 12.2. The number of aromatic nitrogens is 1. The fourth-order valence-corrected chi connectivity index (χ4v) is 1.94. The number of anilines is 2. The minimum Gasteiger partial charge on any atom is -0.384 e. The van der Waals surface area contributed by atoms with Crippen molar-refractivity contribution in [3.63, 3.8) is 0 Å². The zero-order chi connectivity index (χ0) is 14.7. The summed E-state index contributed by atoms with van der Waals surface area (Å²) >= 11 is 0. The monoisotopic (exact) mass is 266 g/mol. The molecule has 3 N–H and O–H groups in total. The minimum absolute atomic E-state index is 0.292. The summed E-state index contributed by atoms with van der Waals surface area (Å²) in [6, 6.07) is 10.5. The highest BCUT2D eigenvalue weighted by atomic mass is 16.1. The average Bonchev–Trinajstić information content (AvgIpc) is 2.37. The fraction of sp³-hybridized carbons (Fsp3) is 0.133. The SMILES string of the molecule is Cc1cc(C(=O)Nc2cccc(C)c2C#N)cc(N)n1. The van der Waals surface area contributed by atoms with E-state index in [2.05, 4.69) is 16.4 Å². The molecule has 20 heavy (non-hydrogen) atoms. The first-order chi connectivity index (χ1) is 9.51. The standard InChI is InChI=1S/C15H14N4O/c1-9-4-3-5-13(12(9)8-16)19-15(20)11-6-10(2)18-14(17)7-11/h3-7H,1-2H3,(H2,17,18)(H,19,20). The second-order valence-electron chi connectivity index (χ2n) is 4.49. The lowest BCUT2D eigenvalue weighted by molar-refractivity contribution is 0.102. The van der Waals surface area contributed by atoms with Gasteiger partial charge in [0.2, 0.25) is 0 Å². The van der Waals surface area contributed by atoms with Crippen molar-refractivity contribution >= 4 is 17.4 Å². The smallest absolute Gasteiger partial charge is 0.255 e. The fourth-order valence-electron chi connectivity index (χ4n) is 1.94. The zero-order valence-electron chi connectivity index (χ0n) is 11.3. The molecule has 0 saturated carbocycles. The molecule has 0 saturated heterocycles. The number of hydrogen-bond donors (Lipinski definition) is 2. The van der Waals surface area contributed by atoms with E-state index in [4.69, 9.17) is 11.0 Å². The first-order valence-electron chi connectivity index (χ1n) is 6.06. The predicted octanol–water partition coefficient (Wildman–Crippen LogP) is 2.40. The Morgan fingerprint density at radius 3 is 2.75 bits per heavy atom. The van der Waals surface area contributed by atoms with Gasteiger partial charge in [-0.15, -0.1) is 0 Å². The molecular formula is C15H14N4O. The zero-order valence-corrected chi connectivity index (χ0v) is 11.3. The number of carbonyl (C=O) groups is 1. The molecule has 2 rings (SSSR count). The summed E-state index contributed by atoms with van der Waals surface area (Å²) < 4.78 is 0. The Morgan fingerprint density at radius 1 is 1.35 bits per heavy atom. The highest BCUT2D eigenvalue weighted by Crippen LogP contribution is 2.19. The molecule has 5 heteroatoms. The molecule has 0 atom stereocenters. The normalized spacial score (nSPS) is 9.85. The van der Waals surface area contributed by atoms with Gasteiger partial charge in [-0.2, -0.15) is 5.26 Å². The van der Waals surface area contributed by atoms with Crippen LogP contribution in [-0.2, 0) is 0 Å². The van der Waals surface area contributed by atoms with Crippen molar-refractivity contribution in [2.45, 2.75) is 13.8 Å². The molecule has 1 aromatic carbocycles. The Bertz CT molecular complexity index is 696. The van der Waals surface area contributed by atoms with E-state index in [-0.39, 0.29) is 5.91 Å². The maximum Gasteiger partial charge on any atom is 0.255 e. The third-order valence-electron chi connectivity index (χ3n) is 2.87. The molecule has 0 aliphatic carbocycles. The number of carbonyl (C=O) groups excluding carboxylic acids is 1. The second-order valence-corrected chi connectivity index (χ2v) is 4.49. The quantitative estimate of drug-likeness (QED) is 0.873. The van der Waals surface area contributed by atoms with Gasteiger partial charge < -0.3 is 11.1 Å². The van der Waals surface area contributed by atoms with Crippen LogP contribution in [0, 0.1) is 25.2 Å². The van der Waals surface area contributed by atoms with E-state index in [1.807, 2.05) is 13.0 Å². The van der Waals surface area contributed by atoms with Gasteiger partial charge in [0.15, 0.2) is 0 Å². The van der Waals surface area contributed by atoms with E-state index in [0.717, 1.165) is 5.56 Å². The van der Waals surface area contributed by atoms with Crippen LogP contribution in [0.25, 0.3) is 0 Å². The van der Waals surface area contributed by atoms with E-state index >= 15 is 0 Å². The van der Waals surface area contributed by atoms with Gasteiger partial charge in [-0.3, -0.25) is 4.79 Å². The number of nitriles is 1. The first kappa shape index (κ1) is 13.6. The summed E-state index contributed by atoms with van der Waals surface area (Å²) in [5, 5.41) is 11.9. The lowest BCUT2D eigenvalue weighted by Crippen LogP contribution is -2.14. The number of nitrogens with zero attached hydrogens (tertiary/aromatic N) is 2. The van der Waals surface area contributed by atoms with Crippen LogP contribution in [0.5, 0.6) is 0 Å². The maximum atomic E-state index is 12.2. The summed E-state index contributed by atoms with van der Waals surface area (Å²) in [7, 11) is 0. The molecule has 0 unspecified atom stereocenters. The molecule has 2 aromatic rings. The highest BCUT2D eigenvalue weighted by Gasteiger charge is 2.11. The van der Waals surface area contributed by atoms with Crippen molar-refractivity contribution in [2.24, 2.45) is 0 Å². The van der Waals surface area contributed by atoms with Crippen LogP contribution < -0.4 is 11.1 Å². The van der Waals surface area contributed by atoms with Crippen molar-refractivity contribution in [3.8, 4) is 6.07 Å². The van der Waals surface area contributed by atoms with Crippen LogP contribution in [0.4, 0.5) is 11.5 Å². The number of amides is 1. The summed E-state index contributed by atoms with van der Waals surface area (Å²) in [5.74, 6) is -0.0239. The third-order valence-corrected chi connectivity index (χ3v) is 2.87. The van der Waals surface area contributed by atoms with Crippen molar-refractivity contribution in [2.75, 3.05) is 11.1 Å². The van der Waals surface area contributed by atoms with Crippen LogP contribution in [0.3, 0.4) is 0 Å². The van der Waals surface area contributed by atoms with E-state index in [0.29, 0.717) is 28.3 Å². The van der Waals surface area contributed by atoms with Crippen molar-refractivity contribution < 1.29 is 4.79 Å². The van der Waals surface area contributed by atoms with Gasteiger partial charge in [-0.1, -0.05) is 12.1 Å². The third kappa shape index (κ3) is 2.75. The van der Waals surface area contributed by atoms with Gasteiger partial charge in [0.25, 0.3) is 5.91 Å². The van der Waals surface area contributed by atoms with Crippen LogP contribution >= 0.6 is 0 Å². The lowest BCUT2D eigenvalue weighted by Gasteiger charge is -2.09. The van der Waals surface area contributed by atoms with E-state index in [1.165, 1.54) is 6.07 Å². The molecular weight excluding hydrogens is 252 g/mol. The Kier molecular flexibility index (Phi) is 3.67. The number of rotatable bonds is 2. The summed E-state index contributed by atoms with van der Waals surface area (Å²) in [6.07, 6.45) is 0. The van der Waals surface area contributed by atoms with Gasteiger partial charge in [-0.25, -0.2) is 4.98 Å². The van der Waals surface area contributed by atoms with Crippen LogP contribution in [0.2, 0.25) is 0 Å². The molecule has 1 amide bonds. The summed E-state index contributed by atoms with van der Waals surface area (Å²) in [6.45, 7) is 3.59. The van der Waals surface area contributed by atoms with Gasteiger partial charge >= 0.3 is 0 Å². The number of nitrogens with two attached hydrogens (primary N) is 1. The highest BCUT2D eigenvalue weighted by molar-refractivity contribution is 6.05. The van der Waals surface area contributed by atoms with Gasteiger partial charge in [-0.05, 0) is 37.6 Å². The molecule has 0 aliphatic rings. The topological polar surface area (TPSA) is 91.8 Å². The molecule has 1 aromatic heterocycles. The number of benzene rings is 1. The van der Waals surface area contributed by atoms with Gasteiger partial charge in [0.05, 0.1) is 11.3 Å². The molecule has 5 nitrogen and oxygen atoms in total.